The van der Waals surface area contributed by atoms with Crippen molar-refractivity contribution in [2.45, 2.75) is 6.54 Å². The molecular weight excluding hydrogens is 442 g/mol. The molecule has 6 rings (SSSR count). The Morgan fingerprint density at radius 3 is 2.82 bits per heavy atom. The molecule has 0 amide bonds. The first-order valence-electron chi connectivity index (χ1n) is 10.7. The Hall–Kier alpha value is -3.63. The number of piperazine rings is 1. The second kappa shape index (κ2) is 8.05. The maximum atomic E-state index is 6.11. The molecule has 11 heteroatoms. The van der Waals surface area contributed by atoms with Crippen LogP contribution < -0.4 is 10.2 Å². The van der Waals surface area contributed by atoms with Crippen molar-refractivity contribution in [2.75, 3.05) is 43.4 Å². The van der Waals surface area contributed by atoms with Gasteiger partial charge in [-0.15, -0.1) is 0 Å². The van der Waals surface area contributed by atoms with E-state index in [9.17, 15) is 0 Å². The monoisotopic (exact) mass is 463 g/mol. The van der Waals surface area contributed by atoms with Gasteiger partial charge >= 0.3 is 0 Å². The van der Waals surface area contributed by atoms with Crippen LogP contribution in [0.2, 0.25) is 5.02 Å². The molecule has 1 fully saturated rings. The number of H-pyrrole nitrogens is 1. The smallest absolute Gasteiger partial charge is 0.229 e. The van der Waals surface area contributed by atoms with Gasteiger partial charge in [0.2, 0.25) is 5.95 Å². The van der Waals surface area contributed by atoms with Crippen LogP contribution >= 0.6 is 11.6 Å². The number of aromatic amines is 1. The number of imidazole rings is 2. The lowest BCUT2D eigenvalue weighted by Gasteiger charge is -2.32. The number of nitrogens with zero attached hydrogens (tertiary/aromatic N) is 7. The molecule has 4 aromatic heterocycles. The van der Waals surface area contributed by atoms with Crippen LogP contribution in [0.1, 0.15) is 5.82 Å². The van der Waals surface area contributed by atoms with Gasteiger partial charge in [-0.25, -0.2) is 9.97 Å². The van der Waals surface area contributed by atoms with Gasteiger partial charge in [-0.3, -0.25) is 4.57 Å². The molecule has 0 aliphatic carbocycles. The first-order valence-corrected chi connectivity index (χ1v) is 11.1. The van der Waals surface area contributed by atoms with Gasteiger partial charge in [0.15, 0.2) is 17.0 Å². The molecule has 168 valence electrons. The Balaban J connectivity index is 1.37. The predicted molar refractivity (Wildman–Crippen MR) is 127 cm³/mol. The minimum absolute atomic E-state index is 0.458. The van der Waals surface area contributed by atoms with E-state index in [0.717, 1.165) is 54.4 Å². The number of anilines is 2. The van der Waals surface area contributed by atoms with Crippen molar-refractivity contribution in [3.63, 3.8) is 0 Å². The zero-order chi connectivity index (χ0) is 22.4. The average molecular weight is 464 g/mol. The number of fused-ring (bicyclic) bond motifs is 2. The van der Waals surface area contributed by atoms with E-state index in [2.05, 4.69) is 37.1 Å². The Bertz CT molecular complexity index is 1420. The molecule has 1 aromatic carbocycles. The molecule has 1 aliphatic heterocycles. The fraction of sp³-hybridized carbons (Fsp3) is 0.273. The van der Waals surface area contributed by atoms with Gasteiger partial charge in [-0.2, -0.15) is 9.97 Å². The maximum Gasteiger partial charge on any atom is 0.229 e. The fourth-order valence-corrected chi connectivity index (χ4v) is 4.20. The summed E-state index contributed by atoms with van der Waals surface area (Å²) in [4.78, 5) is 26.8. The van der Waals surface area contributed by atoms with E-state index < -0.39 is 0 Å². The molecule has 0 bridgehead atoms. The van der Waals surface area contributed by atoms with Crippen molar-refractivity contribution in [2.24, 2.45) is 0 Å². The summed E-state index contributed by atoms with van der Waals surface area (Å²) in [5.74, 6) is 2.13. The lowest BCUT2D eigenvalue weighted by atomic mass is 10.3. The Labute approximate surface area is 194 Å². The molecule has 0 spiro atoms. The number of rotatable bonds is 5. The van der Waals surface area contributed by atoms with Crippen LogP contribution in [0.25, 0.3) is 27.9 Å². The number of nitrogens with one attached hydrogen (secondary N) is 2. The fourth-order valence-electron chi connectivity index (χ4n) is 4.03. The van der Waals surface area contributed by atoms with Crippen molar-refractivity contribution in [3.8, 4) is 5.69 Å². The number of hydrogen-bond donors (Lipinski definition) is 2. The summed E-state index contributed by atoms with van der Waals surface area (Å²) < 4.78 is 7.18. The Kier molecular flexibility index (Phi) is 4.88. The predicted octanol–water partition coefficient (Wildman–Crippen LogP) is 3.30. The molecular formula is C22H22ClN9O. The zero-order valence-electron chi connectivity index (χ0n) is 18.0. The van der Waals surface area contributed by atoms with Crippen LogP contribution in [0.15, 0.2) is 47.5 Å². The van der Waals surface area contributed by atoms with Crippen LogP contribution in [0.4, 0.5) is 11.8 Å². The van der Waals surface area contributed by atoms with Gasteiger partial charge < -0.3 is 24.5 Å². The second-order valence-electron chi connectivity index (χ2n) is 8.13. The molecule has 1 aliphatic rings. The lowest BCUT2D eigenvalue weighted by molar-refractivity contribution is 0.311. The van der Waals surface area contributed by atoms with Crippen molar-refractivity contribution < 1.29 is 4.42 Å². The van der Waals surface area contributed by atoms with E-state index in [4.69, 9.17) is 26.0 Å². The largest absolute Gasteiger partial charge is 0.470 e. The third-order valence-corrected chi connectivity index (χ3v) is 6.11. The second-order valence-corrected chi connectivity index (χ2v) is 8.57. The molecule has 5 heterocycles. The van der Waals surface area contributed by atoms with E-state index >= 15 is 0 Å². The third-order valence-electron chi connectivity index (χ3n) is 5.87. The minimum Gasteiger partial charge on any atom is -0.470 e. The standard InChI is InChI=1S/C22H22ClN9O/c1-30-5-7-31(8-6-30)22-28-20(19-21(29-22)32(13-25-19)15-4-9-33-12-15)24-11-18-26-16-3-2-14(23)10-17(16)27-18/h2-4,9-10,12-13H,5-8,11H2,1H3,(H,26,27)(H,24,28,29). The zero-order valence-corrected chi connectivity index (χ0v) is 18.7. The van der Waals surface area contributed by atoms with Gasteiger partial charge in [0, 0.05) is 37.3 Å². The first-order chi connectivity index (χ1) is 16.1. The molecule has 1 saturated heterocycles. The highest BCUT2D eigenvalue weighted by Gasteiger charge is 2.21. The maximum absolute atomic E-state index is 6.11. The molecule has 2 N–H and O–H groups in total. The van der Waals surface area contributed by atoms with Crippen molar-refractivity contribution in [1.82, 2.24) is 34.4 Å². The van der Waals surface area contributed by atoms with E-state index in [0.29, 0.717) is 28.9 Å². The van der Waals surface area contributed by atoms with Crippen LogP contribution in [-0.2, 0) is 6.54 Å². The van der Waals surface area contributed by atoms with Crippen molar-refractivity contribution in [3.05, 3.63) is 54.0 Å². The van der Waals surface area contributed by atoms with E-state index in [1.165, 1.54) is 0 Å². The summed E-state index contributed by atoms with van der Waals surface area (Å²) >= 11 is 6.11. The summed E-state index contributed by atoms with van der Waals surface area (Å²) in [5, 5.41) is 4.08. The SMILES string of the molecule is CN1CCN(c2nc(NCc3nc4ccc(Cl)cc4[nH]3)c3ncn(-c4ccoc4)c3n2)CC1. The number of furan rings is 1. The van der Waals surface area contributed by atoms with Crippen molar-refractivity contribution >= 4 is 45.6 Å². The number of likely N-dealkylation sites (N-methyl/N-ethyl adjacent to an activating group) is 1. The van der Waals surface area contributed by atoms with E-state index in [1.54, 1.807) is 18.9 Å². The summed E-state index contributed by atoms with van der Waals surface area (Å²) in [5.41, 5.74) is 4.04. The number of hydrogen-bond acceptors (Lipinski definition) is 8. The highest BCUT2D eigenvalue weighted by atomic mass is 35.5. The van der Waals surface area contributed by atoms with Gasteiger partial charge in [0.05, 0.1) is 29.5 Å². The molecule has 0 unspecified atom stereocenters. The summed E-state index contributed by atoms with van der Waals surface area (Å²) in [7, 11) is 2.13. The Morgan fingerprint density at radius 1 is 1.12 bits per heavy atom. The topological polar surface area (TPSA) is 104 Å². The molecule has 0 atom stereocenters. The normalized spacial score (nSPS) is 15.0. The third kappa shape index (κ3) is 3.77. The summed E-state index contributed by atoms with van der Waals surface area (Å²) in [6.45, 7) is 4.12. The van der Waals surface area contributed by atoms with Crippen LogP contribution in [-0.4, -0.2) is 67.6 Å². The van der Waals surface area contributed by atoms with Crippen LogP contribution in [0.5, 0.6) is 0 Å². The summed E-state index contributed by atoms with van der Waals surface area (Å²) in [6.07, 6.45) is 5.05. The van der Waals surface area contributed by atoms with Gasteiger partial charge in [-0.05, 0) is 25.2 Å². The number of aromatic nitrogens is 6. The average Bonchev–Trinajstić information content (AvgIpc) is 3.56. The molecule has 33 heavy (non-hydrogen) atoms. The molecule has 5 aromatic rings. The summed E-state index contributed by atoms with van der Waals surface area (Å²) in [6, 6.07) is 7.49. The van der Waals surface area contributed by atoms with E-state index in [-0.39, 0.29) is 0 Å². The van der Waals surface area contributed by atoms with Gasteiger partial charge in [-0.1, -0.05) is 11.6 Å². The Morgan fingerprint density at radius 2 is 2.00 bits per heavy atom. The molecule has 0 radical (unpaired) electrons. The van der Waals surface area contributed by atoms with Crippen molar-refractivity contribution in [1.29, 1.82) is 0 Å². The minimum atomic E-state index is 0.458. The van der Waals surface area contributed by atoms with Crippen LogP contribution in [0.3, 0.4) is 0 Å². The van der Waals surface area contributed by atoms with E-state index in [1.807, 2.05) is 28.8 Å². The quantitative estimate of drug-likeness (QED) is 0.409. The lowest BCUT2D eigenvalue weighted by Crippen LogP contribution is -2.45. The van der Waals surface area contributed by atoms with Gasteiger partial charge in [0.1, 0.15) is 18.4 Å². The highest BCUT2D eigenvalue weighted by molar-refractivity contribution is 6.31. The van der Waals surface area contributed by atoms with Crippen LogP contribution in [0, 0.1) is 0 Å². The number of halogens is 1. The first kappa shape index (κ1) is 20.0. The molecule has 0 saturated carbocycles. The molecule has 10 nitrogen and oxygen atoms in total. The van der Waals surface area contributed by atoms with Gasteiger partial charge in [0.25, 0.3) is 0 Å². The number of benzene rings is 1. The highest BCUT2D eigenvalue weighted by Crippen LogP contribution is 2.26.